The number of benzene rings is 2. The second kappa shape index (κ2) is 8.01. The average Bonchev–Trinajstić information content (AvgIpc) is 2.64. The quantitative estimate of drug-likeness (QED) is 0.822. The lowest BCUT2D eigenvalue weighted by atomic mass is 10.1. The maximum atomic E-state index is 12.9. The first kappa shape index (κ1) is 20.5. The van der Waals surface area contributed by atoms with Crippen molar-refractivity contribution in [1.29, 1.82) is 0 Å². The second-order valence-electron chi connectivity index (χ2n) is 7.11. The Kier molecular flexibility index (Phi) is 5.86. The first-order valence-corrected chi connectivity index (χ1v) is 11.3. The molecule has 0 bridgehead atoms. The van der Waals surface area contributed by atoms with Gasteiger partial charge >= 0.3 is 0 Å². The molecule has 6 nitrogen and oxygen atoms in total. The number of sulfonamides is 1. The highest BCUT2D eigenvalue weighted by Crippen LogP contribution is 2.26. The van der Waals surface area contributed by atoms with E-state index in [4.69, 9.17) is 11.6 Å². The van der Waals surface area contributed by atoms with Crippen molar-refractivity contribution < 1.29 is 13.2 Å². The molecule has 0 aliphatic carbocycles. The SMILES string of the molecule is Cc1cc(C(=O)N2CCN(c3cc(Cl)ccc3C)CC2)ccc1NS(C)(=O)=O. The van der Waals surface area contributed by atoms with Crippen molar-refractivity contribution in [3.8, 4) is 0 Å². The highest BCUT2D eigenvalue weighted by molar-refractivity contribution is 7.92. The Morgan fingerprint density at radius 3 is 2.29 bits per heavy atom. The van der Waals surface area contributed by atoms with Crippen LogP contribution >= 0.6 is 11.6 Å². The molecule has 2 aromatic rings. The molecular formula is C20H24ClN3O3S. The number of halogens is 1. The molecule has 0 saturated carbocycles. The number of hydrogen-bond acceptors (Lipinski definition) is 4. The number of aryl methyl sites for hydroxylation is 2. The van der Waals surface area contributed by atoms with Crippen LogP contribution in [0.2, 0.25) is 5.02 Å². The fourth-order valence-electron chi connectivity index (χ4n) is 3.37. The van der Waals surface area contributed by atoms with Crippen LogP contribution in [0.5, 0.6) is 0 Å². The number of hydrogen-bond donors (Lipinski definition) is 1. The van der Waals surface area contributed by atoms with Gasteiger partial charge in [0.25, 0.3) is 5.91 Å². The zero-order chi connectivity index (χ0) is 20.5. The monoisotopic (exact) mass is 421 g/mol. The summed E-state index contributed by atoms with van der Waals surface area (Å²) in [5.41, 5.74) is 4.02. The van der Waals surface area contributed by atoms with Crippen molar-refractivity contribution in [1.82, 2.24) is 4.90 Å². The van der Waals surface area contributed by atoms with Gasteiger partial charge in [-0.25, -0.2) is 8.42 Å². The Hall–Kier alpha value is -2.25. The van der Waals surface area contributed by atoms with Crippen LogP contribution in [0.15, 0.2) is 36.4 Å². The van der Waals surface area contributed by atoms with Gasteiger partial charge in [-0.2, -0.15) is 0 Å². The molecule has 1 saturated heterocycles. The van der Waals surface area contributed by atoms with Crippen LogP contribution in [0, 0.1) is 13.8 Å². The molecule has 0 radical (unpaired) electrons. The molecule has 1 aliphatic rings. The first-order valence-electron chi connectivity index (χ1n) is 9.03. The number of anilines is 2. The van der Waals surface area contributed by atoms with E-state index in [1.54, 1.807) is 25.1 Å². The van der Waals surface area contributed by atoms with Gasteiger partial charge in [0.1, 0.15) is 0 Å². The molecule has 150 valence electrons. The molecule has 0 unspecified atom stereocenters. The van der Waals surface area contributed by atoms with Gasteiger partial charge < -0.3 is 9.80 Å². The minimum absolute atomic E-state index is 0.0449. The lowest BCUT2D eigenvalue weighted by Crippen LogP contribution is -2.49. The maximum Gasteiger partial charge on any atom is 0.253 e. The minimum atomic E-state index is -3.35. The van der Waals surface area contributed by atoms with Gasteiger partial charge in [-0.05, 0) is 55.3 Å². The normalized spacial score (nSPS) is 14.9. The topological polar surface area (TPSA) is 69.7 Å². The summed E-state index contributed by atoms with van der Waals surface area (Å²) in [6, 6.07) is 10.9. The third-order valence-electron chi connectivity index (χ3n) is 4.85. The van der Waals surface area contributed by atoms with Gasteiger partial charge in [-0.15, -0.1) is 0 Å². The summed E-state index contributed by atoms with van der Waals surface area (Å²) in [6.45, 7) is 6.54. The van der Waals surface area contributed by atoms with Gasteiger partial charge in [0.15, 0.2) is 0 Å². The summed E-state index contributed by atoms with van der Waals surface area (Å²) in [5, 5.41) is 0.706. The van der Waals surface area contributed by atoms with E-state index in [0.717, 1.165) is 30.6 Å². The molecule has 1 fully saturated rings. The average molecular weight is 422 g/mol. The Morgan fingerprint density at radius 1 is 1.00 bits per heavy atom. The van der Waals surface area contributed by atoms with Crippen LogP contribution < -0.4 is 9.62 Å². The highest BCUT2D eigenvalue weighted by atomic mass is 35.5. The maximum absolute atomic E-state index is 12.9. The summed E-state index contributed by atoms with van der Waals surface area (Å²) >= 11 is 6.13. The van der Waals surface area contributed by atoms with Gasteiger partial charge in [0.2, 0.25) is 10.0 Å². The van der Waals surface area contributed by atoms with E-state index in [0.29, 0.717) is 34.9 Å². The number of piperazine rings is 1. The van der Waals surface area contributed by atoms with Crippen LogP contribution in [0.25, 0.3) is 0 Å². The van der Waals surface area contributed by atoms with E-state index < -0.39 is 10.0 Å². The van der Waals surface area contributed by atoms with Crippen LogP contribution in [-0.4, -0.2) is 51.7 Å². The standard InChI is InChI=1S/C20H24ClN3O3S/c1-14-4-6-17(21)13-19(14)23-8-10-24(11-9-23)20(25)16-5-7-18(15(2)12-16)22-28(3,26)27/h4-7,12-13,22H,8-11H2,1-3H3. The Labute approximate surface area is 171 Å². The highest BCUT2D eigenvalue weighted by Gasteiger charge is 2.23. The molecule has 1 aliphatic heterocycles. The van der Waals surface area contributed by atoms with Crippen molar-refractivity contribution in [2.75, 3.05) is 42.1 Å². The Morgan fingerprint density at radius 2 is 1.68 bits per heavy atom. The summed E-state index contributed by atoms with van der Waals surface area (Å²) in [5.74, 6) is -0.0449. The number of carbonyl (C=O) groups is 1. The van der Waals surface area contributed by atoms with Crippen LogP contribution in [-0.2, 0) is 10.0 Å². The molecule has 28 heavy (non-hydrogen) atoms. The van der Waals surface area contributed by atoms with Gasteiger partial charge in [-0.3, -0.25) is 9.52 Å². The zero-order valence-corrected chi connectivity index (χ0v) is 17.8. The van der Waals surface area contributed by atoms with Crippen molar-refractivity contribution in [3.05, 3.63) is 58.1 Å². The number of carbonyl (C=O) groups excluding carboxylic acids is 1. The number of nitrogens with zero attached hydrogens (tertiary/aromatic N) is 2. The van der Waals surface area contributed by atoms with Crippen LogP contribution in [0.3, 0.4) is 0 Å². The van der Waals surface area contributed by atoms with Crippen molar-refractivity contribution in [2.24, 2.45) is 0 Å². The van der Waals surface area contributed by atoms with Crippen molar-refractivity contribution >= 4 is 38.9 Å². The molecular weight excluding hydrogens is 398 g/mol. The molecule has 2 aromatic carbocycles. The lowest BCUT2D eigenvalue weighted by molar-refractivity contribution is 0.0746. The van der Waals surface area contributed by atoms with E-state index >= 15 is 0 Å². The molecule has 0 atom stereocenters. The predicted octanol–water partition coefficient (Wildman–Crippen LogP) is 3.29. The predicted molar refractivity (Wildman–Crippen MR) is 114 cm³/mol. The first-order chi connectivity index (χ1) is 13.1. The fourth-order valence-corrected chi connectivity index (χ4v) is 4.16. The number of amides is 1. The third kappa shape index (κ3) is 4.77. The Bertz CT molecular complexity index is 1000. The van der Waals surface area contributed by atoms with Gasteiger partial charge in [-0.1, -0.05) is 17.7 Å². The molecule has 1 amide bonds. The number of rotatable bonds is 4. The molecule has 0 aromatic heterocycles. The number of nitrogens with one attached hydrogen (secondary N) is 1. The summed E-state index contributed by atoms with van der Waals surface area (Å²) in [7, 11) is -3.35. The zero-order valence-electron chi connectivity index (χ0n) is 16.2. The molecule has 8 heteroatoms. The van der Waals surface area contributed by atoms with Gasteiger partial charge in [0, 0.05) is 42.5 Å². The summed E-state index contributed by atoms with van der Waals surface area (Å²) < 4.78 is 25.3. The van der Waals surface area contributed by atoms with Gasteiger partial charge in [0.05, 0.1) is 11.9 Å². The molecule has 3 rings (SSSR count). The third-order valence-corrected chi connectivity index (χ3v) is 5.67. The second-order valence-corrected chi connectivity index (χ2v) is 9.30. The van der Waals surface area contributed by atoms with E-state index in [1.165, 1.54) is 0 Å². The molecule has 0 spiro atoms. The largest absolute Gasteiger partial charge is 0.368 e. The Balaban J connectivity index is 1.68. The smallest absolute Gasteiger partial charge is 0.253 e. The minimum Gasteiger partial charge on any atom is -0.368 e. The summed E-state index contributed by atoms with van der Waals surface area (Å²) in [6.07, 6.45) is 1.10. The lowest BCUT2D eigenvalue weighted by Gasteiger charge is -2.37. The molecule has 1 heterocycles. The van der Waals surface area contributed by atoms with E-state index in [9.17, 15) is 13.2 Å². The van der Waals surface area contributed by atoms with Crippen molar-refractivity contribution in [3.63, 3.8) is 0 Å². The summed E-state index contributed by atoms with van der Waals surface area (Å²) in [4.78, 5) is 16.9. The van der Waals surface area contributed by atoms with E-state index in [-0.39, 0.29) is 5.91 Å². The molecule has 1 N–H and O–H groups in total. The van der Waals surface area contributed by atoms with Crippen molar-refractivity contribution in [2.45, 2.75) is 13.8 Å². The fraction of sp³-hybridized carbons (Fsp3) is 0.350. The van der Waals surface area contributed by atoms with E-state index in [2.05, 4.69) is 16.5 Å². The van der Waals surface area contributed by atoms with Crippen LogP contribution in [0.4, 0.5) is 11.4 Å². The van der Waals surface area contributed by atoms with Crippen LogP contribution in [0.1, 0.15) is 21.5 Å². The van der Waals surface area contributed by atoms with E-state index in [1.807, 2.05) is 23.1 Å².